The molecule has 0 aliphatic carbocycles. The number of hydrogen-bond donors (Lipinski definition) is 0. The van der Waals surface area contributed by atoms with E-state index in [1.807, 2.05) is 30.3 Å². The molecule has 0 aliphatic rings. The van der Waals surface area contributed by atoms with Crippen molar-refractivity contribution in [1.82, 2.24) is 9.55 Å². The molecule has 0 bridgehead atoms. The van der Waals surface area contributed by atoms with E-state index in [0.717, 1.165) is 5.75 Å². The molecule has 82 valence electrons. The van der Waals surface area contributed by atoms with Crippen molar-refractivity contribution in [2.45, 2.75) is 6.54 Å². The van der Waals surface area contributed by atoms with Gasteiger partial charge in [0.2, 0.25) is 0 Å². The summed E-state index contributed by atoms with van der Waals surface area (Å²) in [6.45, 7) is 0.956. The first-order valence-corrected chi connectivity index (χ1v) is 5.04. The molecule has 0 atom stereocenters. The lowest BCUT2D eigenvalue weighted by Gasteiger charge is -2.06. The van der Waals surface area contributed by atoms with Gasteiger partial charge in [-0.25, -0.2) is 4.98 Å². The molecule has 1 aromatic carbocycles. The highest BCUT2D eigenvalue weighted by Crippen LogP contribution is 2.07. The van der Waals surface area contributed by atoms with Gasteiger partial charge in [0.1, 0.15) is 12.4 Å². The standard InChI is InChI=1S/C12H12N2O2/c15-12-6-7-13-10-14(12)8-9-16-11-4-2-1-3-5-11/h1-7,10H,8-9H2. The average Bonchev–Trinajstić information content (AvgIpc) is 2.33. The lowest BCUT2D eigenvalue weighted by molar-refractivity contribution is 0.295. The summed E-state index contributed by atoms with van der Waals surface area (Å²) in [5.41, 5.74) is -0.0633. The number of para-hydroxylation sites is 1. The van der Waals surface area contributed by atoms with E-state index >= 15 is 0 Å². The number of ether oxygens (including phenoxy) is 1. The van der Waals surface area contributed by atoms with Crippen molar-refractivity contribution < 1.29 is 4.74 Å². The van der Waals surface area contributed by atoms with E-state index in [1.54, 1.807) is 0 Å². The monoisotopic (exact) mass is 216 g/mol. The Morgan fingerprint density at radius 3 is 2.75 bits per heavy atom. The number of hydrogen-bond acceptors (Lipinski definition) is 3. The number of benzene rings is 1. The Morgan fingerprint density at radius 2 is 2.00 bits per heavy atom. The number of rotatable bonds is 4. The molecule has 0 aliphatic heterocycles. The molecule has 4 nitrogen and oxygen atoms in total. The minimum atomic E-state index is -0.0633. The van der Waals surface area contributed by atoms with Crippen LogP contribution >= 0.6 is 0 Å². The van der Waals surface area contributed by atoms with Crippen LogP contribution in [0.4, 0.5) is 0 Å². The van der Waals surface area contributed by atoms with Crippen LogP contribution in [-0.2, 0) is 6.54 Å². The summed E-state index contributed by atoms with van der Waals surface area (Å²) in [7, 11) is 0. The topological polar surface area (TPSA) is 44.1 Å². The second kappa shape index (κ2) is 5.11. The molecule has 2 rings (SSSR count). The fourth-order valence-corrected chi connectivity index (χ4v) is 1.32. The predicted molar refractivity (Wildman–Crippen MR) is 60.4 cm³/mol. The highest BCUT2D eigenvalue weighted by molar-refractivity contribution is 5.20. The van der Waals surface area contributed by atoms with Crippen LogP contribution in [0.2, 0.25) is 0 Å². The van der Waals surface area contributed by atoms with E-state index in [4.69, 9.17) is 4.74 Å². The van der Waals surface area contributed by atoms with Gasteiger partial charge in [0, 0.05) is 12.3 Å². The summed E-state index contributed by atoms with van der Waals surface area (Å²) in [6.07, 6.45) is 2.99. The molecule has 0 saturated carbocycles. The van der Waals surface area contributed by atoms with Crippen molar-refractivity contribution >= 4 is 0 Å². The van der Waals surface area contributed by atoms with Gasteiger partial charge in [0.05, 0.1) is 12.9 Å². The van der Waals surface area contributed by atoms with Gasteiger partial charge < -0.3 is 4.74 Å². The van der Waals surface area contributed by atoms with Gasteiger partial charge in [-0.1, -0.05) is 18.2 Å². The Kier molecular flexibility index (Phi) is 3.33. The Bertz CT molecular complexity index is 494. The maximum Gasteiger partial charge on any atom is 0.253 e. The van der Waals surface area contributed by atoms with Crippen molar-refractivity contribution in [3.8, 4) is 5.75 Å². The molecule has 1 aromatic heterocycles. The summed E-state index contributed by atoms with van der Waals surface area (Å²) in [6, 6.07) is 10.9. The first kappa shape index (κ1) is 10.4. The Balaban J connectivity index is 1.90. The van der Waals surface area contributed by atoms with Crippen LogP contribution in [0.3, 0.4) is 0 Å². The van der Waals surface area contributed by atoms with Crippen LogP contribution in [0.15, 0.2) is 53.7 Å². The molecule has 0 N–H and O–H groups in total. The van der Waals surface area contributed by atoms with Crippen LogP contribution in [0.5, 0.6) is 5.75 Å². The minimum Gasteiger partial charge on any atom is -0.492 e. The quantitative estimate of drug-likeness (QED) is 0.774. The Labute approximate surface area is 93.1 Å². The van der Waals surface area contributed by atoms with Crippen LogP contribution in [0.1, 0.15) is 0 Å². The van der Waals surface area contributed by atoms with Gasteiger partial charge in [0.25, 0.3) is 5.56 Å². The van der Waals surface area contributed by atoms with E-state index in [9.17, 15) is 4.79 Å². The SMILES string of the molecule is O=c1ccncn1CCOc1ccccc1. The van der Waals surface area contributed by atoms with Gasteiger partial charge in [-0.3, -0.25) is 9.36 Å². The molecule has 0 saturated heterocycles. The summed E-state index contributed by atoms with van der Waals surface area (Å²) in [4.78, 5) is 15.2. The van der Waals surface area contributed by atoms with Crippen LogP contribution < -0.4 is 10.3 Å². The van der Waals surface area contributed by atoms with Gasteiger partial charge in [-0.15, -0.1) is 0 Å². The summed E-state index contributed by atoms with van der Waals surface area (Å²) >= 11 is 0. The number of aromatic nitrogens is 2. The zero-order valence-electron chi connectivity index (χ0n) is 8.74. The van der Waals surface area contributed by atoms with Crippen LogP contribution in [-0.4, -0.2) is 16.2 Å². The average molecular weight is 216 g/mol. The van der Waals surface area contributed by atoms with Crippen molar-refractivity contribution in [2.75, 3.05) is 6.61 Å². The zero-order valence-corrected chi connectivity index (χ0v) is 8.74. The molecule has 1 heterocycles. The minimum absolute atomic E-state index is 0.0633. The lowest BCUT2D eigenvalue weighted by Crippen LogP contribution is -2.22. The fourth-order valence-electron chi connectivity index (χ4n) is 1.32. The molecule has 0 fully saturated rings. The third-order valence-corrected chi connectivity index (χ3v) is 2.14. The summed E-state index contributed by atoms with van der Waals surface area (Å²) in [5, 5.41) is 0. The van der Waals surface area contributed by atoms with Crippen molar-refractivity contribution in [1.29, 1.82) is 0 Å². The third kappa shape index (κ3) is 2.70. The van der Waals surface area contributed by atoms with E-state index in [1.165, 1.54) is 23.2 Å². The highest BCUT2D eigenvalue weighted by Gasteiger charge is 1.95. The van der Waals surface area contributed by atoms with Crippen LogP contribution in [0.25, 0.3) is 0 Å². The molecule has 0 spiro atoms. The Morgan fingerprint density at radius 1 is 1.19 bits per heavy atom. The maximum absolute atomic E-state index is 11.3. The third-order valence-electron chi connectivity index (χ3n) is 2.14. The molecular weight excluding hydrogens is 204 g/mol. The number of nitrogens with zero attached hydrogens (tertiary/aromatic N) is 2. The zero-order chi connectivity index (χ0) is 11.2. The molecule has 2 aromatic rings. The highest BCUT2D eigenvalue weighted by atomic mass is 16.5. The predicted octanol–water partition coefficient (Wildman–Crippen LogP) is 1.32. The molecule has 16 heavy (non-hydrogen) atoms. The molecule has 0 radical (unpaired) electrons. The van der Waals surface area contributed by atoms with E-state index < -0.39 is 0 Å². The molecule has 0 unspecified atom stereocenters. The van der Waals surface area contributed by atoms with Crippen LogP contribution in [0, 0.1) is 0 Å². The van der Waals surface area contributed by atoms with Crippen molar-refractivity contribution in [2.24, 2.45) is 0 Å². The van der Waals surface area contributed by atoms with E-state index in [2.05, 4.69) is 4.98 Å². The second-order valence-electron chi connectivity index (χ2n) is 3.27. The lowest BCUT2D eigenvalue weighted by atomic mass is 10.3. The normalized spacial score (nSPS) is 10.0. The largest absolute Gasteiger partial charge is 0.492 e. The summed E-state index contributed by atoms with van der Waals surface area (Å²) < 4.78 is 6.99. The van der Waals surface area contributed by atoms with Gasteiger partial charge in [-0.05, 0) is 12.1 Å². The van der Waals surface area contributed by atoms with E-state index in [-0.39, 0.29) is 5.56 Å². The fraction of sp³-hybridized carbons (Fsp3) is 0.167. The van der Waals surface area contributed by atoms with E-state index in [0.29, 0.717) is 13.2 Å². The first-order chi connectivity index (χ1) is 7.86. The van der Waals surface area contributed by atoms with Crippen molar-refractivity contribution in [3.05, 3.63) is 59.3 Å². The molecule has 4 heteroatoms. The maximum atomic E-state index is 11.3. The van der Waals surface area contributed by atoms with Gasteiger partial charge in [0.15, 0.2) is 0 Å². The van der Waals surface area contributed by atoms with Gasteiger partial charge in [-0.2, -0.15) is 0 Å². The summed E-state index contributed by atoms with van der Waals surface area (Å²) in [5.74, 6) is 0.805. The second-order valence-corrected chi connectivity index (χ2v) is 3.27. The first-order valence-electron chi connectivity index (χ1n) is 5.04. The van der Waals surface area contributed by atoms with Crippen molar-refractivity contribution in [3.63, 3.8) is 0 Å². The molecular formula is C12H12N2O2. The van der Waals surface area contributed by atoms with Gasteiger partial charge >= 0.3 is 0 Å². The molecule has 0 amide bonds. The smallest absolute Gasteiger partial charge is 0.253 e. The Hall–Kier alpha value is -2.10.